The third-order valence-corrected chi connectivity index (χ3v) is 3.61. The fourth-order valence-electron chi connectivity index (χ4n) is 2.40. The number of benzene rings is 1. The van der Waals surface area contributed by atoms with Crippen molar-refractivity contribution in [2.45, 2.75) is 31.7 Å². The van der Waals surface area contributed by atoms with E-state index in [9.17, 15) is 8.78 Å². The van der Waals surface area contributed by atoms with Crippen LogP contribution in [0.15, 0.2) is 12.1 Å². The predicted octanol–water partition coefficient (Wildman–Crippen LogP) is 4.23. The van der Waals surface area contributed by atoms with E-state index in [-0.39, 0.29) is 28.9 Å². The van der Waals surface area contributed by atoms with Gasteiger partial charge in [0, 0.05) is 11.6 Å². The molecule has 0 aliphatic heterocycles. The number of hydrogen-bond acceptors (Lipinski definition) is 1. The average Bonchev–Trinajstić information content (AvgIpc) is 2.77. The first kappa shape index (κ1) is 14.7. The van der Waals surface area contributed by atoms with Crippen LogP contribution in [0.1, 0.15) is 37.3 Å². The van der Waals surface area contributed by atoms with Gasteiger partial charge in [-0.3, -0.25) is 0 Å². The van der Waals surface area contributed by atoms with Gasteiger partial charge in [-0.25, -0.2) is 8.78 Å². The van der Waals surface area contributed by atoms with Crippen molar-refractivity contribution in [2.75, 3.05) is 0 Å². The molecule has 0 spiro atoms. The first-order valence-electron chi connectivity index (χ1n) is 5.50. The van der Waals surface area contributed by atoms with Gasteiger partial charge in [0.2, 0.25) is 0 Å². The van der Waals surface area contributed by atoms with Crippen LogP contribution in [0.3, 0.4) is 0 Å². The summed E-state index contributed by atoms with van der Waals surface area (Å²) in [4.78, 5) is 0. The Bertz CT molecular complexity index is 392. The van der Waals surface area contributed by atoms with Gasteiger partial charge >= 0.3 is 0 Å². The zero-order valence-corrected chi connectivity index (χ0v) is 10.8. The molecule has 0 heterocycles. The van der Waals surface area contributed by atoms with Crippen LogP contribution in [-0.4, -0.2) is 0 Å². The average molecular weight is 282 g/mol. The first-order valence-corrected chi connectivity index (χ1v) is 5.88. The van der Waals surface area contributed by atoms with Gasteiger partial charge in [-0.1, -0.05) is 24.4 Å². The summed E-state index contributed by atoms with van der Waals surface area (Å²) in [5.41, 5.74) is 5.88. The van der Waals surface area contributed by atoms with Gasteiger partial charge in [-0.05, 0) is 30.9 Å². The Morgan fingerprint density at radius 3 is 2.41 bits per heavy atom. The van der Waals surface area contributed by atoms with Crippen molar-refractivity contribution in [1.82, 2.24) is 0 Å². The van der Waals surface area contributed by atoms with Crippen LogP contribution in [0.4, 0.5) is 8.78 Å². The van der Waals surface area contributed by atoms with Gasteiger partial charge in [0.15, 0.2) is 0 Å². The first-order chi connectivity index (χ1) is 7.61. The number of halogens is 4. The van der Waals surface area contributed by atoms with Gasteiger partial charge in [0.05, 0.1) is 5.02 Å². The molecule has 96 valence electrons. The fourth-order valence-corrected chi connectivity index (χ4v) is 2.57. The van der Waals surface area contributed by atoms with Crippen molar-refractivity contribution in [3.63, 3.8) is 0 Å². The monoisotopic (exact) mass is 281 g/mol. The Balaban J connectivity index is 0.00000144. The van der Waals surface area contributed by atoms with Gasteiger partial charge in [0.1, 0.15) is 11.6 Å². The lowest BCUT2D eigenvalue weighted by Crippen LogP contribution is -2.22. The van der Waals surface area contributed by atoms with Crippen LogP contribution in [0.5, 0.6) is 0 Å². The third-order valence-electron chi connectivity index (χ3n) is 3.32. The maximum absolute atomic E-state index is 13.7. The molecule has 2 N–H and O–H groups in total. The normalized spacial score (nSPS) is 17.9. The summed E-state index contributed by atoms with van der Waals surface area (Å²) in [5, 5.41) is -0.0650. The van der Waals surface area contributed by atoms with E-state index in [1.165, 1.54) is 12.1 Å². The van der Waals surface area contributed by atoms with E-state index in [0.717, 1.165) is 25.7 Å². The van der Waals surface area contributed by atoms with Crippen LogP contribution in [0.2, 0.25) is 5.02 Å². The van der Waals surface area contributed by atoms with Gasteiger partial charge in [-0.2, -0.15) is 0 Å². The summed E-state index contributed by atoms with van der Waals surface area (Å²) in [6, 6.07) is 1.81. The van der Waals surface area contributed by atoms with Crippen LogP contribution in [-0.2, 0) is 0 Å². The van der Waals surface area contributed by atoms with Crippen molar-refractivity contribution in [2.24, 2.45) is 11.7 Å². The van der Waals surface area contributed by atoms with Gasteiger partial charge < -0.3 is 5.73 Å². The molecular weight excluding hydrogens is 267 g/mol. The smallest absolute Gasteiger partial charge is 0.149 e. The number of rotatable bonds is 2. The molecule has 0 radical (unpaired) electrons. The summed E-state index contributed by atoms with van der Waals surface area (Å²) in [6.07, 6.45) is 4.05. The van der Waals surface area contributed by atoms with E-state index >= 15 is 0 Å². The highest BCUT2D eigenvalue weighted by molar-refractivity contribution is 6.30. The zero-order valence-electron chi connectivity index (χ0n) is 9.26. The molecule has 0 bridgehead atoms. The van der Waals surface area contributed by atoms with Crippen LogP contribution >= 0.6 is 24.0 Å². The lowest BCUT2D eigenvalue weighted by atomic mass is 9.92. The largest absolute Gasteiger partial charge is 0.324 e. The molecule has 0 saturated heterocycles. The summed E-state index contributed by atoms with van der Waals surface area (Å²) < 4.78 is 27.3. The highest BCUT2D eigenvalue weighted by Gasteiger charge is 2.28. The molecule has 1 saturated carbocycles. The van der Waals surface area contributed by atoms with Crippen LogP contribution < -0.4 is 5.73 Å². The van der Waals surface area contributed by atoms with Gasteiger partial charge in [-0.15, -0.1) is 12.4 Å². The Labute approximate surface area is 111 Å². The maximum atomic E-state index is 13.7. The van der Waals surface area contributed by atoms with Gasteiger partial charge in [0.25, 0.3) is 0 Å². The minimum Gasteiger partial charge on any atom is -0.324 e. The van der Waals surface area contributed by atoms with Crippen molar-refractivity contribution < 1.29 is 8.78 Å². The van der Waals surface area contributed by atoms with Crippen LogP contribution in [0, 0.1) is 17.6 Å². The highest BCUT2D eigenvalue weighted by atomic mass is 35.5. The molecule has 1 atom stereocenters. The Morgan fingerprint density at radius 2 is 1.82 bits per heavy atom. The van der Waals surface area contributed by atoms with Crippen molar-refractivity contribution in [3.8, 4) is 0 Å². The zero-order chi connectivity index (χ0) is 11.7. The lowest BCUT2D eigenvalue weighted by Gasteiger charge is -2.20. The molecule has 0 aromatic heterocycles. The minimum absolute atomic E-state index is 0. The quantitative estimate of drug-likeness (QED) is 0.807. The van der Waals surface area contributed by atoms with E-state index in [0.29, 0.717) is 0 Å². The van der Waals surface area contributed by atoms with E-state index in [1.54, 1.807) is 0 Å². The molecule has 2 rings (SSSR count). The van der Waals surface area contributed by atoms with Crippen LogP contribution in [0.25, 0.3) is 0 Å². The highest BCUT2D eigenvalue weighted by Crippen LogP contribution is 2.37. The Hall–Kier alpha value is -0.380. The van der Waals surface area contributed by atoms with E-state index < -0.39 is 17.7 Å². The molecule has 1 fully saturated rings. The second kappa shape index (κ2) is 5.98. The molecule has 5 heteroatoms. The molecule has 0 amide bonds. The minimum atomic E-state index is -0.707. The molecule has 17 heavy (non-hydrogen) atoms. The number of nitrogens with two attached hydrogens (primary N) is 1. The summed E-state index contributed by atoms with van der Waals surface area (Å²) in [7, 11) is 0. The Kier molecular flexibility index (Phi) is 5.17. The molecule has 0 unspecified atom stereocenters. The van der Waals surface area contributed by atoms with E-state index in [4.69, 9.17) is 17.3 Å². The molecule has 1 aromatic rings. The topological polar surface area (TPSA) is 26.0 Å². The number of hydrogen-bond donors (Lipinski definition) is 1. The SMILES string of the molecule is Cl.N[C@@H](c1c(F)ccc(Cl)c1F)C1CCCC1. The molecule has 1 nitrogen and oxygen atoms in total. The molecule has 1 aromatic carbocycles. The summed E-state index contributed by atoms with van der Waals surface area (Å²) in [6.45, 7) is 0. The second-order valence-corrected chi connectivity index (χ2v) is 4.73. The predicted molar refractivity (Wildman–Crippen MR) is 67.5 cm³/mol. The standard InChI is InChI=1S/C12H14ClF2N.ClH/c13-8-5-6-9(14)10(11(8)15)12(16)7-3-1-2-4-7;/h5-7,12H,1-4,16H2;1H/t12-;/m1./s1. The summed E-state index contributed by atoms with van der Waals surface area (Å²) >= 11 is 5.64. The second-order valence-electron chi connectivity index (χ2n) is 4.33. The van der Waals surface area contributed by atoms with Crippen molar-refractivity contribution >= 4 is 24.0 Å². The maximum Gasteiger partial charge on any atom is 0.149 e. The summed E-state index contributed by atoms with van der Waals surface area (Å²) in [5.74, 6) is -1.13. The molecule has 1 aliphatic rings. The fraction of sp³-hybridized carbons (Fsp3) is 0.500. The van der Waals surface area contributed by atoms with E-state index in [1.807, 2.05) is 0 Å². The third kappa shape index (κ3) is 2.90. The Morgan fingerprint density at radius 1 is 1.24 bits per heavy atom. The van der Waals surface area contributed by atoms with Crippen molar-refractivity contribution in [1.29, 1.82) is 0 Å². The molecular formula is C12H15Cl2F2N. The lowest BCUT2D eigenvalue weighted by molar-refractivity contribution is 0.410. The van der Waals surface area contributed by atoms with Crippen molar-refractivity contribution in [3.05, 3.63) is 34.4 Å². The van der Waals surface area contributed by atoms with E-state index in [2.05, 4.69) is 0 Å². The molecule has 1 aliphatic carbocycles.